The minimum Gasteiger partial charge on any atom is -0.381 e. The number of unbranched alkanes of at least 4 members (excludes halogenated alkanes) is 3. The summed E-state index contributed by atoms with van der Waals surface area (Å²) in [6, 6.07) is 3.61. The monoisotopic (exact) mass is 290 g/mol. The van der Waals surface area contributed by atoms with Crippen molar-refractivity contribution in [3.63, 3.8) is 0 Å². The van der Waals surface area contributed by atoms with E-state index in [4.69, 9.17) is 0 Å². The first-order chi connectivity index (χ1) is 8.94. The highest BCUT2D eigenvalue weighted by atomic mass is 28.2. The molecule has 0 aliphatic carbocycles. The number of hydrogen-bond acceptors (Lipinski definition) is 3. The molecule has 0 atom stereocenters. The lowest BCUT2D eigenvalue weighted by Gasteiger charge is -2.19. The van der Waals surface area contributed by atoms with Gasteiger partial charge in [0.15, 0.2) is 10.5 Å². The second-order valence-electron chi connectivity index (χ2n) is 4.60. The van der Waals surface area contributed by atoms with Crippen molar-refractivity contribution >= 4 is 10.5 Å². The van der Waals surface area contributed by atoms with Crippen LogP contribution in [0.2, 0.25) is 0 Å². The molecule has 0 saturated heterocycles. The van der Waals surface area contributed by atoms with Gasteiger partial charge in [-0.2, -0.15) is 0 Å². The van der Waals surface area contributed by atoms with E-state index in [-0.39, 0.29) is 16.9 Å². The van der Waals surface area contributed by atoms with E-state index >= 15 is 0 Å². The summed E-state index contributed by atoms with van der Waals surface area (Å²) in [6.45, 7) is 0. The van der Waals surface area contributed by atoms with Gasteiger partial charge in [0.2, 0.25) is 0 Å². The number of aryl methyl sites for hydroxylation is 1. The zero-order valence-corrected chi connectivity index (χ0v) is 13.0. The van der Waals surface area contributed by atoms with E-state index in [2.05, 4.69) is 4.43 Å². The second kappa shape index (κ2) is 7.69. The summed E-state index contributed by atoms with van der Waals surface area (Å²) in [7, 11) is 0.276. The van der Waals surface area contributed by atoms with E-state index in [1.165, 1.54) is 12.1 Å². The molecule has 2 N–H and O–H groups in total. The number of aliphatic hydroxyl groups is 2. The number of halogens is 2. The Kier molecular flexibility index (Phi) is 6.57. The van der Waals surface area contributed by atoms with E-state index in [0.717, 1.165) is 25.3 Å². The average Bonchev–Trinajstić information content (AvgIpc) is 2.35. The lowest BCUT2D eigenvalue weighted by atomic mass is 10.0. The van der Waals surface area contributed by atoms with Crippen molar-refractivity contribution in [2.75, 3.05) is 0 Å². The van der Waals surface area contributed by atoms with Crippen molar-refractivity contribution in [1.29, 1.82) is 0 Å². The van der Waals surface area contributed by atoms with Gasteiger partial charge in [-0.1, -0.05) is 18.9 Å². The van der Waals surface area contributed by atoms with E-state index in [9.17, 15) is 19.0 Å². The number of rotatable bonds is 8. The van der Waals surface area contributed by atoms with Gasteiger partial charge >= 0.3 is 0 Å². The third-order valence-corrected chi connectivity index (χ3v) is 3.69. The van der Waals surface area contributed by atoms with Crippen LogP contribution in [-0.4, -0.2) is 26.7 Å². The van der Waals surface area contributed by atoms with Crippen molar-refractivity contribution in [2.45, 2.75) is 44.5 Å². The molecule has 6 heteroatoms. The van der Waals surface area contributed by atoms with E-state index in [1.807, 2.05) is 0 Å². The van der Waals surface area contributed by atoms with Crippen LogP contribution in [0.15, 0.2) is 18.2 Å². The first-order valence-electron chi connectivity index (χ1n) is 6.38. The molecule has 0 spiro atoms. The fourth-order valence-corrected chi connectivity index (χ4v) is 2.05. The summed E-state index contributed by atoms with van der Waals surface area (Å²) in [5.41, 5.74) is 0.517. The van der Waals surface area contributed by atoms with Crippen molar-refractivity contribution in [1.82, 2.24) is 0 Å². The van der Waals surface area contributed by atoms with Crippen LogP contribution in [0.25, 0.3) is 0 Å². The maximum atomic E-state index is 13.3. The van der Waals surface area contributed by atoms with Gasteiger partial charge in [0.25, 0.3) is 5.97 Å². The lowest BCUT2D eigenvalue weighted by molar-refractivity contribution is -0.295. The summed E-state index contributed by atoms with van der Waals surface area (Å²) in [5.74, 6) is -3.06. The minimum absolute atomic E-state index is 0.182. The summed E-state index contributed by atoms with van der Waals surface area (Å²) in [6.07, 6.45) is 3.84. The van der Waals surface area contributed by atoms with Gasteiger partial charge in [0.1, 0.15) is 11.6 Å². The molecule has 0 aliphatic heterocycles. The largest absolute Gasteiger partial charge is 0.381 e. The van der Waals surface area contributed by atoms with Gasteiger partial charge in [-0.15, -0.1) is 0 Å². The van der Waals surface area contributed by atoms with Crippen molar-refractivity contribution < 1.29 is 23.4 Å². The molecule has 0 heterocycles. The van der Waals surface area contributed by atoms with Gasteiger partial charge in [0.05, 0.1) is 0 Å². The summed E-state index contributed by atoms with van der Waals surface area (Å²) in [4.78, 5) is 0. The van der Waals surface area contributed by atoms with Crippen LogP contribution in [0.4, 0.5) is 8.78 Å². The Hall–Kier alpha value is -0.823. The van der Waals surface area contributed by atoms with Gasteiger partial charge in [-0.3, -0.25) is 0 Å². The minimum atomic E-state index is -1.99. The smallest absolute Gasteiger partial charge is 0.267 e. The van der Waals surface area contributed by atoms with Crippen molar-refractivity contribution in [3.05, 3.63) is 35.4 Å². The van der Waals surface area contributed by atoms with Crippen molar-refractivity contribution in [3.8, 4) is 0 Å². The molecule has 108 valence electrons. The Labute approximate surface area is 114 Å². The normalized spacial score (nSPS) is 12.0. The Bertz CT molecular complexity index is 399. The maximum Gasteiger partial charge on any atom is 0.267 e. The first-order valence-corrected chi connectivity index (χ1v) is 7.20. The van der Waals surface area contributed by atoms with Gasteiger partial charge < -0.3 is 14.6 Å². The average molecular weight is 290 g/mol. The molecular formula is C13H20F2O3Si. The molecular weight excluding hydrogens is 270 g/mol. The number of hydrogen-bond donors (Lipinski definition) is 2. The molecule has 1 rings (SSSR count). The van der Waals surface area contributed by atoms with Crippen LogP contribution < -0.4 is 0 Å². The topological polar surface area (TPSA) is 49.7 Å². The van der Waals surface area contributed by atoms with E-state index < -0.39 is 17.6 Å². The van der Waals surface area contributed by atoms with Gasteiger partial charge in [-0.25, -0.2) is 8.78 Å². The standard InChI is InChI=1S/C13H20F2O3Si/c14-11-7-6-10(12(15)9-11)5-3-1-2-4-8-13(16,17)18-19/h6-7,9,16-17H,1-5,8H2,19H3. The molecule has 0 bridgehead atoms. The zero-order chi connectivity index (χ0) is 14.3. The molecule has 1 aromatic rings. The van der Waals surface area contributed by atoms with Gasteiger partial charge in [0, 0.05) is 12.5 Å². The number of benzene rings is 1. The molecule has 0 fully saturated rings. The first kappa shape index (κ1) is 16.2. The predicted molar refractivity (Wildman–Crippen MR) is 71.3 cm³/mol. The molecule has 0 radical (unpaired) electrons. The van der Waals surface area contributed by atoms with Crippen LogP contribution in [0.5, 0.6) is 0 Å². The molecule has 0 aliphatic rings. The summed E-state index contributed by atoms with van der Waals surface area (Å²) in [5, 5.41) is 18.4. The third kappa shape index (κ3) is 6.24. The van der Waals surface area contributed by atoms with Crippen LogP contribution in [0, 0.1) is 11.6 Å². The zero-order valence-electron chi connectivity index (χ0n) is 11.0. The second-order valence-corrected chi connectivity index (χ2v) is 5.01. The summed E-state index contributed by atoms with van der Waals surface area (Å²) < 4.78 is 30.6. The molecule has 0 unspecified atom stereocenters. The highest BCUT2D eigenvalue weighted by Gasteiger charge is 2.19. The molecule has 0 amide bonds. The Morgan fingerprint density at radius 1 is 1.11 bits per heavy atom. The van der Waals surface area contributed by atoms with Crippen LogP contribution in [-0.2, 0) is 10.8 Å². The SMILES string of the molecule is OC(O)(CCCCCCc1ccc(F)cc1F)O[SiH3]. The molecule has 0 saturated carbocycles. The molecule has 19 heavy (non-hydrogen) atoms. The molecule has 3 nitrogen and oxygen atoms in total. The Balaban J connectivity index is 2.17. The van der Waals surface area contributed by atoms with E-state index in [0.29, 0.717) is 18.4 Å². The quantitative estimate of drug-likeness (QED) is 0.432. The molecule has 0 aromatic heterocycles. The maximum absolute atomic E-state index is 13.3. The van der Waals surface area contributed by atoms with E-state index in [1.54, 1.807) is 0 Å². The highest BCUT2D eigenvalue weighted by molar-refractivity contribution is 5.98. The summed E-state index contributed by atoms with van der Waals surface area (Å²) >= 11 is 0. The lowest BCUT2D eigenvalue weighted by Crippen LogP contribution is -2.30. The van der Waals surface area contributed by atoms with Crippen molar-refractivity contribution in [2.24, 2.45) is 0 Å². The fourth-order valence-electron chi connectivity index (χ4n) is 1.85. The van der Waals surface area contributed by atoms with Crippen LogP contribution in [0.3, 0.4) is 0 Å². The van der Waals surface area contributed by atoms with Crippen LogP contribution >= 0.6 is 0 Å². The third-order valence-electron chi connectivity index (χ3n) is 3.04. The Morgan fingerprint density at radius 2 is 1.79 bits per heavy atom. The van der Waals surface area contributed by atoms with Gasteiger partial charge in [-0.05, 0) is 30.9 Å². The highest BCUT2D eigenvalue weighted by Crippen LogP contribution is 2.16. The predicted octanol–water partition coefficient (Wildman–Crippen LogP) is 1.39. The fraction of sp³-hybridized carbons (Fsp3) is 0.538. The Morgan fingerprint density at radius 3 is 2.42 bits per heavy atom. The van der Waals surface area contributed by atoms with Crippen LogP contribution in [0.1, 0.15) is 37.7 Å². The molecule has 1 aromatic carbocycles.